The van der Waals surface area contributed by atoms with Gasteiger partial charge in [-0.1, -0.05) is 19.3 Å². The molecule has 0 N–H and O–H groups in total. The van der Waals surface area contributed by atoms with Crippen LogP contribution >= 0.6 is 0 Å². The number of aromatic nitrogens is 2. The van der Waals surface area contributed by atoms with Crippen molar-refractivity contribution in [2.75, 3.05) is 0 Å². The number of hydrogen-bond donors (Lipinski definition) is 0. The number of aryl methyl sites for hydroxylation is 1. The molecule has 0 unspecified atom stereocenters. The number of hydrogen-bond acceptors (Lipinski definition) is 4. The van der Waals surface area contributed by atoms with Crippen LogP contribution < -0.4 is 0 Å². The minimum Gasteiger partial charge on any atom is -0.459 e. The quantitative estimate of drug-likeness (QED) is 0.754. The van der Waals surface area contributed by atoms with Crippen molar-refractivity contribution in [2.45, 2.75) is 45.6 Å². The van der Waals surface area contributed by atoms with Gasteiger partial charge in [0.15, 0.2) is 0 Å². The molecule has 1 aromatic rings. The van der Waals surface area contributed by atoms with Gasteiger partial charge in [-0.15, -0.1) is 0 Å². The van der Waals surface area contributed by atoms with E-state index in [1.165, 1.54) is 6.42 Å². The molecule has 4 heteroatoms. The Hall–Kier alpha value is -1.45. The molecule has 2 rings (SSSR count). The second kappa shape index (κ2) is 5.75. The normalized spacial score (nSPS) is 16.8. The summed E-state index contributed by atoms with van der Waals surface area (Å²) in [6.45, 7) is 2.12. The molecule has 0 aliphatic heterocycles. The Morgan fingerprint density at radius 3 is 2.71 bits per heavy atom. The molecule has 1 aromatic heterocycles. The van der Waals surface area contributed by atoms with Crippen LogP contribution in [-0.2, 0) is 16.1 Å². The summed E-state index contributed by atoms with van der Waals surface area (Å²) in [5.41, 5.74) is 1.58. The van der Waals surface area contributed by atoms with Gasteiger partial charge in [0.1, 0.15) is 6.61 Å². The lowest BCUT2D eigenvalue weighted by Gasteiger charge is -2.19. The molecule has 0 spiro atoms. The van der Waals surface area contributed by atoms with Crippen LogP contribution in [0.3, 0.4) is 0 Å². The lowest BCUT2D eigenvalue weighted by atomic mass is 9.89. The molecule has 1 aliphatic rings. The highest BCUT2D eigenvalue weighted by Gasteiger charge is 2.22. The van der Waals surface area contributed by atoms with Crippen molar-refractivity contribution >= 4 is 5.97 Å². The van der Waals surface area contributed by atoms with Crippen molar-refractivity contribution < 1.29 is 9.53 Å². The van der Waals surface area contributed by atoms with Crippen molar-refractivity contribution in [2.24, 2.45) is 5.92 Å². The van der Waals surface area contributed by atoms with E-state index in [9.17, 15) is 4.79 Å². The van der Waals surface area contributed by atoms with Gasteiger partial charge in [-0.25, -0.2) is 0 Å². The smallest absolute Gasteiger partial charge is 0.309 e. The number of carbonyl (C=O) groups excluding carboxylic acids is 1. The van der Waals surface area contributed by atoms with Gasteiger partial charge >= 0.3 is 5.97 Å². The second-order valence-electron chi connectivity index (χ2n) is 4.59. The molecule has 0 aromatic carbocycles. The zero-order valence-corrected chi connectivity index (χ0v) is 10.2. The monoisotopic (exact) mass is 234 g/mol. The summed E-state index contributed by atoms with van der Waals surface area (Å²) in [5, 5.41) is 0. The summed E-state index contributed by atoms with van der Waals surface area (Å²) >= 11 is 0. The zero-order chi connectivity index (χ0) is 12.1. The van der Waals surface area contributed by atoms with E-state index in [-0.39, 0.29) is 18.5 Å². The summed E-state index contributed by atoms with van der Waals surface area (Å²) in [4.78, 5) is 20.0. The van der Waals surface area contributed by atoms with Gasteiger partial charge < -0.3 is 4.74 Å². The topological polar surface area (TPSA) is 52.1 Å². The number of rotatable bonds is 3. The fraction of sp³-hybridized carbons (Fsp3) is 0.615. The van der Waals surface area contributed by atoms with Crippen LogP contribution in [0.25, 0.3) is 0 Å². The first-order valence-electron chi connectivity index (χ1n) is 6.20. The number of nitrogens with zero attached hydrogens (tertiary/aromatic N) is 2. The van der Waals surface area contributed by atoms with E-state index >= 15 is 0 Å². The molecule has 0 amide bonds. The van der Waals surface area contributed by atoms with Crippen LogP contribution in [0.15, 0.2) is 12.4 Å². The SMILES string of the molecule is Cc1cnc(COC(=O)C2CCCCC2)cn1. The predicted octanol–water partition coefficient (Wildman–Crippen LogP) is 2.41. The highest BCUT2D eigenvalue weighted by molar-refractivity contribution is 5.72. The molecule has 4 nitrogen and oxygen atoms in total. The Bertz CT molecular complexity index is 370. The summed E-state index contributed by atoms with van der Waals surface area (Å²) in [5.74, 6) is 0.0224. The standard InChI is InChI=1S/C13H18N2O2/c1-10-7-15-12(8-14-10)9-17-13(16)11-5-3-2-4-6-11/h7-8,11H,2-6,9H2,1H3. The highest BCUT2D eigenvalue weighted by Crippen LogP contribution is 2.24. The summed E-state index contributed by atoms with van der Waals surface area (Å²) in [7, 11) is 0. The zero-order valence-electron chi connectivity index (χ0n) is 10.2. The van der Waals surface area contributed by atoms with E-state index in [2.05, 4.69) is 9.97 Å². The second-order valence-corrected chi connectivity index (χ2v) is 4.59. The minimum atomic E-state index is -0.0768. The summed E-state index contributed by atoms with van der Waals surface area (Å²) in [6.07, 6.45) is 8.81. The molecule has 1 aliphatic carbocycles. The van der Waals surface area contributed by atoms with Crippen molar-refractivity contribution in [1.82, 2.24) is 9.97 Å². The maximum atomic E-state index is 11.8. The fourth-order valence-corrected chi connectivity index (χ4v) is 2.10. The number of carbonyl (C=O) groups is 1. The first kappa shape index (κ1) is 12.0. The molecule has 1 fully saturated rings. The maximum absolute atomic E-state index is 11.8. The van der Waals surface area contributed by atoms with E-state index in [1.54, 1.807) is 12.4 Å². The molecule has 17 heavy (non-hydrogen) atoms. The molecular formula is C13H18N2O2. The number of esters is 1. The Morgan fingerprint density at radius 2 is 2.06 bits per heavy atom. The van der Waals surface area contributed by atoms with Crippen LogP contribution in [-0.4, -0.2) is 15.9 Å². The molecule has 1 saturated carbocycles. The van der Waals surface area contributed by atoms with Gasteiger partial charge in [-0.2, -0.15) is 0 Å². The van der Waals surface area contributed by atoms with Gasteiger partial charge in [0.05, 0.1) is 23.5 Å². The predicted molar refractivity (Wildman–Crippen MR) is 63.1 cm³/mol. The van der Waals surface area contributed by atoms with Crippen LogP contribution in [0.2, 0.25) is 0 Å². The molecule has 0 bridgehead atoms. The molecule has 92 valence electrons. The van der Waals surface area contributed by atoms with Gasteiger partial charge in [0, 0.05) is 6.20 Å². The highest BCUT2D eigenvalue weighted by atomic mass is 16.5. The molecule has 1 heterocycles. The van der Waals surface area contributed by atoms with Crippen LogP contribution in [0, 0.1) is 12.8 Å². The molecular weight excluding hydrogens is 216 g/mol. The Balaban J connectivity index is 1.81. The van der Waals surface area contributed by atoms with E-state index in [4.69, 9.17) is 4.74 Å². The molecule has 0 atom stereocenters. The van der Waals surface area contributed by atoms with E-state index in [1.807, 2.05) is 6.92 Å². The Morgan fingerprint density at radius 1 is 1.29 bits per heavy atom. The summed E-state index contributed by atoms with van der Waals surface area (Å²) in [6, 6.07) is 0. The molecule has 0 radical (unpaired) electrons. The third kappa shape index (κ3) is 3.51. The largest absolute Gasteiger partial charge is 0.459 e. The third-order valence-corrected chi connectivity index (χ3v) is 3.14. The van der Waals surface area contributed by atoms with Crippen LogP contribution in [0.5, 0.6) is 0 Å². The van der Waals surface area contributed by atoms with Gasteiger partial charge in [0.25, 0.3) is 0 Å². The van der Waals surface area contributed by atoms with E-state index < -0.39 is 0 Å². The fourth-order valence-electron chi connectivity index (χ4n) is 2.10. The third-order valence-electron chi connectivity index (χ3n) is 3.14. The minimum absolute atomic E-state index is 0.0768. The Kier molecular flexibility index (Phi) is 4.07. The average Bonchev–Trinajstić information content (AvgIpc) is 2.39. The first-order valence-corrected chi connectivity index (χ1v) is 6.20. The lowest BCUT2D eigenvalue weighted by Crippen LogP contribution is -2.20. The number of ether oxygens (including phenoxy) is 1. The van der Waals surface area contributed by atoms with E-state index in [0.717, 1.165) is 31.4 Å². The first-order chi connectivity index (χ1) is 8.25. The van der Waals surface area contributed by atoms with Crippen molar-refractivity contribution in [3.05, 3.63) is 23.8 Å². The lowest BCUT2D eigenvalue weighted by molar-refractivity contribution is -0.151. The van der Waals surface area contributed by atoms with Gasteiger partial charge in [-0.3, -0.25) is 14.8 Å². The maximum Gasteiger partial charge on any atom is 0.309 e. The average molecular weight is 234 g/mol. The van der Waals surface area contributed by atoms with Gasteiger partial charge in [-0.05, 0) is 19.8 Å². The van der Waals surface area contributed by atoms with Crippen molar-refractivity contribution in [3.8, 4) is 0 Å². The van der Waals surface area contributed by atoms with Crippen molar-refractivity contribution in [3.63, 3.8) is 0 Å². The van der Waals surface area contributed by atoms with Crippen LogP contribution in [0.1, 0.15) is 43.5 Å². The van der Waals surface area contributed by atoms with Crippen molar-refractivity contribution in [1.29, 1.82) is 0 Å². The molecule has 0 saturated heterocycles. The summed E-state index contributed by atoms with van der Waals surface area (Å²) < 4.78 is 5.27. The van der Waals surface area contributed by atoms with Crippen LogP contribution in [0.4, 0.5) is 0 Å². The Labute approximate surface area is 101 Å². The van der Waals surface area contributed by atoms with Gasteiger partial charge in [0.2, 0.25) is 0 Å². The van der Waals surface area contributed by atoms with E-state index in [0.29, 0.717) is 5.69 Å².